The second kappa shape index (κ2) is 6.15. The Morgan fingerprint density at radius 2 is 2.17 bits per heavy atom. The van der Waals surface area contributed by atoms with E-state index in [4.69, 9.17) is 5.26 Å². The van der Waals surface area contributed by atoms with Crippen LogP contribution in [0.5, 0.6) is 0 Å². The molecule has 1 N–H and O–H groups in total. The van der Waals surface area contributed by atoms with Crippen LogP contribution in [-0.4, -0.2) is 10.9 Å². The van der Waals surface area contributed by atoms with Crippen LogP contribution in [0.15, 0.2) is 18.3 Å². The smallest absolute Gasteiger partial charge is 0.225 e. The molecule has 96 valence electrons. The monoisotopic (exact) mass is 245 g/mol. The quantitative estimate of drug-likeness (QED) is 0.886. The Morgan fingerprint density at radius 3 is 2.67 bits per heavy atom. The molecule has 0 aliphatic heterocycles. The second-order valence-corrected chi connectivity index (χ2v) is 5.51. The maximum Gasteiger partial charge on any atom is 0.225 e. The summed E-state index contributed by atoms with van der Waals surface area (Å²) in [6.45, 7) is 6.48. The van der Waals surface area contributed by atoms with Crippen LogP contribution in [0.1, 0.15) is 45.6 Å². The molecular formula is C14H19N3O. The Morgan fingerprint density at radius 1 is 1.44 bits per heavy atom. The minimum atomic E-state index is -0.0311. The van der Waals surface area contributed by atoms with Gasteiger partial charge in [0.2, 0.25) is 5.91 Å². The summed E-state index contributed by atoms with van der Waals surface area (Å²) in [5, 5.41) is 11.3. The SMILES string of the molecule is CC(C)(C)CCCC(=O)Nc1ccc(C#N)cn1. The first-order valence-electron chi connectivity index (χ1n) is 6.07. The van der Waals surface area contributed by atoms with E-state index in [9.17, 15) is 4.79 Å². The lowest BCUT2D eigenvalue weighted by molar-refractivity contribution is -0.116. The average molecular weight is 245 g/mol. The van der Waals surface area contributed by atoms with Gasteiger partial charge in [-0.2, -0.15) is 5.26 Å². The molecule has 0 saturated heterocycles. The molecule has 1 aromatic heterocycles. The van der Waals surface area contributed by atoms with E-state index in [2.05, 4.69) is 31.1 Å². The Bertz CT molecular complexity index is 438. The second-order valence-electron chi connectivity index (χ2n) is 5.51. The zero-order chi connectivity index (χ0) is 13.6. The van der Waals surface area contributed by atoms with Crippen LogP contribution < -0.4 is 5.32 Å². The van der Waals surface area contributed by atoms with Crippen molar-refractivity contribution in [2.75, 3.05) is 5.32 Å². The van der Waals surface area contributed by atoms with Gasteiger partial charge in [-0.1, -0.05) is 20.8 Å². The van der Waals surface area contributed by atoms with Crippen LogP contribution >= 0.6 is 0 Å². The summed E-state index contributed by atoms with van der Waals surface area (Å²) in [4.78, 5) is 15.6. The number of nitrogens with one attached hydrogen (secondary N) is 1. The number of anilines is 1. The minimum Gasteiger partial charge on any atom is -0.311 e. The fourth-order valence-corrected chi connectivity index (χ4v) is 1.52. The van der Waals surface area contributed by atoms with E-state index in [-0.39, 0.29) is 11.3 Å². The lowest BCUT2D eigenvalue weighted by Crippen LogP contribution is -2.13. The molecule has 1 rings (SSSR count). The molecule has 1 aromatic rings. The first-order valence-corrected chi connectivity index (χ1v) is 6.07. The van der Waals surface area contributed by atoms with Gasteiger partial charge in [0.15, 0.2) is 0 Å². The van der Waals surface area contributed by atoms with E-state index in [0.29, 0.717) is 17.8 Å². The summed E-state index contributed by atoms with van der Waals surface area (Å²) in [7, 11) is 0. The number of carbonyl (C=O) groups excluding carboxylic acids is 1. The zero-order valence-corrected chi connectivity index (χ0v) is 11.2. The first kappa shape index (κ1) is 14.2. The van der Waals surface area contributed by atoms with Crippen molar-refractivity contribution < 1.29 is 4.79 Å². The standard InChI is InChI=1S/C14H19N3O/c1-14(2,3)8-4-5-13(18)17-12-7-6-11(9-15)10-16-12/h6-7,10H,4-5,8H2,1-3H3,(H,16,17,18). The summed E-state index contributed by atoms with van der Waals surface area (Å²) in [6.07, 6.45) is 3.83. The number of pyridine rings is 1. The van der Waals surface area contributed by atoms with Crippen molar-refractivity contribution >= 4 is 11.7 Å². The minimum absolute atomic E-state index is 0.0311. The topological polar surface area (TPSA) is 65.8 Å². The summed E-state index contributed by atoms with van der Waals surface area (Å²) in [5.74, 6) is 0.464. The van der Waals surface area contributed by atoms with Gasteiger partial charge in [-0.05, 0) is 30.4 Å². The van der Waals surface area contributed by atoms with Gasteiger partial charge >= 0.3 is 0 Å². The molecule has 4 heteroatoms. The fourth-order valence-electron chi connectivity index (χ4n) is 1.52. The molecule has 1 amide bonds. The number of amides is 1. The van der Waals surface area contributed by atoms with Crippen molar-refractivity contribution in [1.82, 2.24) is 4.98 Å². The highest BCUT2D eigenvalue weighted by molar-refractivity contribution is 5.89. The van der Waals surface area contributed by atoms with Gasteiger partial charge in [-0.3, -0.25) is 4.79 Å². The number of rotatable bonds is 4. The van der Waals surface area contributed by atoms with Crippen LogP contribution in [0.2, 0.25) is 0 Å². The van der Waals surface area contributed by atoms with Gasteiger partial charge in [-0.25, -0.2) is 4.98 Å². The highest BCUT2D eigenvalue weighted by Crippen LogP contribution is 2.21. The third-order valence-corrected chi connectivity index (χ3v) is 2.49. The molecule has 1 heterocycles. The van der Waals surface area contributed by atoms with Gasteiger partial charge in [0, 0.05) is 12.6 Å². The van der Waals surface area contributed by atoms with Crippen LogP contribution in [0, 0.1) is 16.7 Å². The third-order valence-electron chi connectivity index (χ3n) is 2.49. The largest absolute Gasteiger partial charge is 0.311 e. The highest BCUT2D eigenvalue weighted by atomic mass is 16.1. The molecule has 0 aromatic carbocycles. The number of nitrogens with zero attached hydrogens (tertiary/aromatic N) is 2. The Labute approximate surface area is 108 Å². The summed E-state index contributed by atoms with van der Waals surface area (Å²) in [6, 6.07) is 5.26. The van der Waals surface area contributed by atoms with Crippen molar-refractivity contribution in [2.45, 2.75) is 40.0 Å². The van der Waals surface area contributed by atoms with Crippen LogP contribution in [-0.2, 0) is 4.79 Å². The normalized spacial score (nSPS) is 10.8. The molecule has 0 bridgehead atoms. The molecule has 0 aliphatic rings. The van der Waals surface area contributed by atoms with E-state index in [1.165, 1.54) is 6.20 Å². The highest BCUT2D eigenvalue weighted by Gasteiger charge is 2.11. The molecule has 4 nitrogen and oxygen atoms in total. The maximum atomic E-state index is 11.6. The van der Waals surface area contributed by atoms with E-state index in [1.54, 1.807) is 12.1 Å². The summed E-state index contributed by atoms with van der Waals surface area (Å²) >= 11 is 0. The van der Waals surface area contributed by atoms with Gasteiger partial charge in [0.1, 0.15) is 11.9 Å². The van der Waals surface area contributed by atoms with Gasteiger partial charge in [-0.15, -0.1) is 0 Å². The van der Waals surface area contributed by atoms with E-state index in [1.807, 2.05) is 6.07 Å². The van der Waals surface area contributed by atoms with Gasteiger partial charge in [0.25, 0.3) is 0 Å². The molecular weight excluding hydrogens is 226 g/mol. The molecule has 0 spiro atoms. The Balaban J connectivity index is 2.38. The van der Waals surface area contributed by atoms with E-state index in [0.717, 1.165) is 12.8 Å². The van der Waals surface area contributed by atoms with Crippen molar-refractivity contribution in [1.29, 1.82) is 5.26 Å². The third kappa shape index (κ3) is 5.44. The van der Waals surface area contributed by atoms with Crippen molar-refractivity contribution in [2.24, 2.45) is 5.41 Å². The first-order chi connectivity index (χ1) is 8.40. The Kier molecular flexibility index (Phi) is 4.85. The van der Waals surface area contributed by atoms with E-state index < -0.39 is 0 Å². The lowest BCUT2D eigenvalue weighted by Gasteiger charge is -2.17. The van der Waals surface area contributed by atoms with Crippen molar-refractivity contribution in [3.63, 3.8) is 0 Å². The molecule has 0 unspecified atom stereocenters. The lowest BCUT2D eigenvalue weighted by atomic mass is 9.90. The van der Waals surface area contributed by atoms with Crippen LogP contribution in [0.3, 0.4) is 0 Å². The Hall–Kier alpha value is -1.89. The molecule has 0 aliphatic carbocycles. The zero-order valence-electron chi connectivity index (χ0n) is 11.2. The van der Waals surface area contributed by atoms with Crippen LogP contribution in [0.4, 0.5) is 5.82 Å². The molecule has 18 heavy (non-hydrogen) atoms. The number of nitriles is 1. The molecule has 0 saturated carbocycles. The molecule has 0 atom stereocenters. The number of hydrogen-bond acceptors (Lipinski definition) is 3. The maximum absolute atomic E-state index is 11.6. The number of aromatic nitrogens is 1. The number of hydrogen-bond donors (Lipinski definition) is 1. The summed E-state index contributed by atoms with van der Waals surface area (Å²) in [5.41, 5.74) is 0.744. The van der Waals surface area contributed by atoms with E-state index >= 15 is 0 Å². The predicted molar refractivity (Wildman–Crippen MR) is 70.9 cm³/mol. The molecule has 0 fully saturated rings. The van der Waals surface area contributed by atoms with Gasteiger partial charge < -0.3 is 5.32 Å². The molecule has 0 radical (unpaired) electrons. The fraction of sp³-hybridized carbons (Fsp3) is 0.500. The van der Waals surface area contributed by atoms with Crippen molar-refractivity contribution in [3.8, 4) is 6.07 Å². The summed E-state index contributed by atoms with van der Waals surface area (Å²) < 4.78 is 0. The van der Waals surface area contributed by atoms with Crippen molar-refractivity contribution in [3.05, 3.63) is 23.9 Å². The predicted octanol–water partition coefficient (Wildman–Crippen LogP) is 3.11. The number of carbonyl (C=O) groups is 1. The average Bonchev–Trinajstić information content (AvgIpc) is 2.28. The van der Waals surface area contributed by atoms with Gasteiger partial charge in [0.05, 0.1) is 5.56 Å². The van der Waals surface area contributed by atoms with Crippen LogP contribution in [0.25, 0.3) is 0 Å².